The van der Waals surface area contributed by atoms with Gasteiger partial charge in [0, 0.05) is 0 Å². The van der Waals surface area contributed by atoms with Crippen LogP contribution in [0.25, 0.3) is 98.5 Å². The summed E-state index contributed by atoms with van der Waals surface area (Å²) in [5.74, 6) is 0. The highest BCUT2D eigenvalue weighted by molar-refractivity contribution is 6.09. The number of hydrogen-bond acceptors (Lipinski definition) is 12. The lowest BCUT2D eigenvalue weighted by molar-refractivity contribution is 1.38. The van der Waals surface area contributed by atoms with Crippen molar-refractivity contribution in [1.29, 1.82) is 0 Å². The van der Waals surface area contributed by atoms with Crippen LogP contribution in [0.1, 0.15) is 0 Å². The second-order valence-electron chi connectivity index (χ2n) is 11.5. The maximum Gasteiger partial charge on any atom is 0.235 e. The summed E-state index contributed by atoms with van der Waals surface area (Å²) < 4.78 is 0. The summed E-state index contributed by atoms with van der Waals surface area (Å²) in [5.41, 5.74) is -1.64. The van der Waals surface area contributed by atoms with Crippen molar-refractivity contribution in [1.82, 2.24) is 29.9 Å². The molecule has 12 heteroatoms. The molecule has 3 aromatic carbocycles. The van der Waals surface area contributed by atoms with Gasteiger partial charge >= 0.3 is 0 Å². The molecule has 48 heavy (non-hydrogen) atoms. The minimum atomic E-state index is -0.741. The average Bonchev–Trinajstić information content (AvgIpc) is 3.13. The Labute approximate surface area is 262 Å². The fourth-order valence-corrected chi connectivity index (χ4v) is 6.53. The predicted octanol–water partition coefficient (Wildman–Crippen LogP) is 2.91. The molecule has 0 fully saturated rings. The molecule has 0 aliphatic rings. The van der Waals surface area contributed by atoms with Crippen molar-refractivity contribution in [3.05, 3.63) is 134 Å². The molecule has 12 nitrogen and oxygen atoms in total. The second-order valence-corrected chi connectivity index (χ2v) is 11.5. The molecule has 7 heterocycles. The Morgan fingerprint density at radius 3 is 0.521 bits per heavy atom. The van der Waals surface area contributed by atoms with E-state index < -0.39 is 32.6 Å². The summed E-state index contributed by atoms with van der Waals surface area (Å²) in [6, 6.07) is 18.1. The second kappa shape index (κ2) is 8.79. The largest absolute Gasteiger partial charge is 0.285 e. The number of rotatable bonds is 0. The van der Waals surface area contributed by atoms with Crippen LogP contribution in [-0.2, 0) is 0 Å². The van der Waals surface area contributed by atoms with Gasteiger partial charge in [0.2, 0.25) is 32.6 Å². The van der Waals surface area contributed by atoms with E-state index in [2.05, 4.69) is 0 Å². The highest BCUT2D eigenvalue weighted by Crippen LogP contribution is 2.26. The van der Waals surface area contributed by atoms with Gasteiger partial charge in [-0.05, 0) is 72.8 Å². The molecule has 0 spiro atoms. The van der Waals surface area contributed by atoms with E-state index in [1.54, 1.807) is 36.4 Å². The Balaban J connectivity index is 1.54. The zero-order valence-corrected chi connectivity index (χ0v) is 24.1. The van der Waals surface area contributed by atoms with E-state index in [9.17, 15) is 28.8 Å². The van der Waals surface area contributed by atoms with Gasteiger partial charge < -0.3 is 0 Å². The maximum atomic E-state index is 13.1. The summed E-state index contributed by atoms with van der Waals surface area (Å²) in [7, 11) is 0. The molecule has 0 saturated carbocycles. The van der Waals surface area contributed by atoms with Crippen LogP contribution in [0.3, 0.4) is 0 Å². The van der Waals surface area contributed by atoms with Crippen molar-refractivity contribution in [3.8, 4) is 0 Å². The summed E-state index contributed by atoms with van der Waals surface area (Å²) in [5, 5.41) is 0.327. The Kier molecular flexibility index (Phi) is 4.79. The van der Waals surface area contributed by atoms with Gasteiger partial charge in [0.15, 0.2) is 0 Å². The van der Waals surface area contributed by atoms with Crippen molar-refractivity contribution >= 4 is 98.5 Å². The first-order valence-corrected chi connectivity index (χ1v) is 14.6. The number of hydrogen-bond donors (Lipinski definition) is 0. The smallest absolute Gasteiger partial charge is 0.235 e. The van der Waals surface area contributed by atoms with Gasteiger partial charge in [0.05, 0.1) is 65.4 Å². The molecular weight excluding hydrogens is 612 g/mol. The first kappa shape index (κ1) is 26.2. The first-order chi connectivity index (χ1) is 23.3. The van der Waals surface area contributed by atoms with Crippen LogP contribution in [-0.4, -0.2) is 29.9 Å². The van der Waals surface area contributed by atoms with Gasteiger partial charge in [0.25, 0.3) is 0 Å². The highest BCUT2D eigenvalue weighted by Gasteiger charge is 2.18. The third kappa shape index (κ3) is 3.27. The molecule has 0 radical (unpaired) electrons. The Bertz CT molecular complexity index is 2940. The molecule has 0 saturated heterocycles. The fourth-order valence-electron chi connectivity index (χ4n) is 6.53. The zero-order chi connectivity index (χ0) is 32.6. The molecule has 12 bridgehead atoms. The minimum absolute atomic E-state index is 0.0545. The van der Waals surface area contributed by atoms with Gasteiger partial charge in [-0.2, -0.15) is 0 Å². The number of nitrogens with zero attached hydrogens (tertiary/aromatic N) is 6. The van der Waals surface area contributed by atoms with Crippen molar-refractivity contribution in [3.63, 3.8) is 0 Å². The van der Waals surface area contributed by atoms with Crippen molar-refractivity contribution in [2.75, 3.05) is 0 Å². The fraction of sp³-hybridized carbons (Fsp3) is 0. The lowest BCUT2D eigenvalue weighted by Gasteiger charge is -2.06. The number of aromatic nitrogens is 6. The van der Waals surface area contributed by atoms with Gasteiger partial charge in [-0.25, -0.2) is 29.9 Å². The molecule has 0 unspecified atom stereocenters. The van der Waals surface area contributed by atoms with Crippen molar-refractivity contribution < 1.29 is 0 Å². The molecule has 0 aliphatic heterocycles. The summed E-state index contributed by atoms with van der Waals surface area (Å²) in [4.78, 5) is 107. The highest BCUT2D eigenvalue weighted by atomic mass is 16.2. The van der Waals surface area contributed by atoms with Gasteiger partial charge in [-0.3, -0.25) is 28.8 Å². The summed E-state index contributed by atoms with van der Waals surface area (Å²) in [6.07, 6.45) is 0. The number of benzene rings is 3. The molecular formula is C36H12N6O6. The Morgan fingerprint density at radius 2 is 0.375 bits per heavy atom. The van der Waals surface area contributed by atoms with Crippen LogP contribution in [0, 0.1) is 0 Å². The van der Waals surface area contributed by atoms with Crippen LogP contribution in [0.2, 0.25) is 0 Å². The lowest BCUT2D eigenvalue weighted by Crippen LogP contribution is -2.25. The zero-order valence-electron chi connectivity index (χ0n) is 24.1. The monoisotopic (exact) mass is 624 g/mol. The normalized spacial score (nSPS) is 12.2. The van der Waals surface area contributed by atoms with Gasteiger partial charge in [0.1, 0.15) is 33.1 Å². The third-order valence-corrected chi connectivity index (χ3v) is 8.92. The van der Waals surface area contributed by atoms with E-state index in [0.29, 0.717) is 33.1 Å². The van der Waals surface area contributed by atoms with Gasteiger partial charge in [-0.15, -0.1) is 0 Å². The third-order valence-electron chi connectivity index (χ3n) is 8.92. The standard InChI is InChI=1S/C36H12N6O6/c43-31-13-1-7-19-20-8-2-15-27(38-20)28-16(34(46)33(15)45)5-11-23(41-28)24-12-6-18-30(42-24)29-17(35(47)36(18)48)4-10-22(40-29)21-9-3-14(32(31)44)26(39-21)25(13)37-19/h1-12H. The SMILES string of the molecule is O=c1c(=O)c2ccc3nc2c2nc(ccc12)c1ccc2c(=O)c(=O)c4ccc(nc4c2n1)c1ccc2c(=O)c(=O)c4ccc3nc4c2n1. The van der Waals surface area contributed by atoms with E-state index in [4.69, 9.17) is 29.9 Å². The molecule has 10 rings (SSSR count). The molecule has 0 amide bonds. The quantitative estimate of drug-likeness (QED) is 0.178. The number of pyridine rings is 6. The van der Waals surface area contributed by atoms with E-state index in [1.807, 2.05) is 0 Å². The van der Waals surface area contributed by atoms with Crippen LogP contribution >= 0.6 is 0 Å². The molecule has 0 atom stereocenters. The van der Waals surface area contributed by atoms with Crippen LogP contribution in [0.15, 0.2) is 102 Å². The van der Waals surface area contributed by atoms with E-state index >= 15 is 0 Å². The summed E-state index contributed by atoms with van der Waals surface area (Å²) >= 11 is 0. The van der Waals surface area contributed by atoms with Gasteiger partial charge in [-0.1, -0.05) is 0 Å². The topological polar surface area (TPSA) is 180 Å². The van der Waals surface area contributed by atoms with E-state index in [1.165, 1.54) is 36.4 Å². The van der Waals surface area contributed by atoms with E-state index in [0.717, 1.165) is 0 Å². The molecule has 7 aromatic heterocycles. The minimum Gasteiger partial charge on any atom is -0.285 e. The number of fused-ring (bicyclic) bond motifs is 9. The molecule has 0 N–H and O–H groups in total. The van der Waals surface area contributed by atoms with Crippen molar-refractivity contribution in [2.45, 2.75) is 0 Å². The van der Waals surface area contributed by atoms with E-state index in [-0.39, 0.29) is 65.4 Å². The van der Waals surface area contributed by atoms with Crippen LogP contribution in [0.4, 0.5) is 0 Å². The first-order valence-electron chi connectivity index (χ1n) is 14.6. The van der Waals surface area contributed by atoms with Crippen LogP contribution in [0.5, 0.6) is 0 Å². The van der Waals surface area contributed by atoms with Crippen LogP contribution < -0.4 is 32.6 Å². The van der Waals surface area contributed by atoms with Crippen molar-refractivity contribution in [2.24, 2.45) is 0 Å². The molecule has 0 aliphatic carbocycles. The average molecular weight is 625 g/mol. The maximum absolute atomic E-state index is 13.1. The molecule has 10 aromatic rings. The predicted molar refractivity (Wildman–Crippen MR) is 182 cm³/mol. The summed E-state index contributed by atoms with van der Waals surface area (Å²) in [6.45, 7) is 0. The Morgan fingerprint density at radius 1 is 0.229 bits per heavy atom. The molecule has 222 valence electrons. The lowest BCUT2D eigenvalue weighted by atomic mass is 10.1. The Hall–Kier alpha value is -7.08.